The number of sulfone groups is 1. The molecule has 1 atom stereocenters. The van der Waals surface area contributed by atoms with Crippen molar-refractivity contribution >= 4 is 20.0 Å². The smallest absolute Gasteiger partial charge is 0.266 e. The van der Waals surface area contributed by atoms with Crippen molar-refractivity contribution in [2.24, 2.45) is 0 Å². The van der Waals surface area contributed by atoms with Crippen LogP contribution in [0, 0.1) is 6.92 Å². The van der Waals surface area contributed by atoms with E-state index >= 15 is 0 Å². The predicted molar refractivity (Wildman–Crippen MR) is 126 cm³/mol. The van der Waals surface area contributed by atoms with E-state index in [0.29, 0.717) is 6.42 Å². The van der Waals surface area contributed by atoms with Crippen LogP contribution < -0.4 is 0 Å². The van der Waals surface area contributed by atoms with Crippen LogP contribution in [-0.2, 0) is 24.1 Å². The summed E-state index contributed by atoms with van der Waals surface area (Å²) >= 11 is 0. The van der Waals surface area contributed by atoms with Gasteiger partial charge in [-0.3, -0.25) is 4.18 Å². The van der Waals surface area contributed by atoms with E-state index in [9.17, 15) is 16.8 Å². The van der Waals surface area contributed by atoms with Crippen molar-refractivity contribution in [2.45, 2.75) is 35.5 Å². The van der Waals surface area contributed by atoms with Gasteiger partial charge in [-0.05, 0) is 55.5 Å². The molecule has 0 aliphatic heterocycles. The van der Waals surface area contributed by atoms with E-state index in [4.69, 9.17) is 4.18 Å². The Bertz CT molecular complexity index is 1250. The molecule has 0 saturated carbocycles. The average molecular weight is 471 g/mol. The average Bonchev–Trinajstić information content (AvgIpc) is 2.79. The highest BCUT2D eigenvalue weighted by molar-refractivity contribution is 7.95. The molecule has 1 unspecified atom stereocenters. The summed E-state index contributed by atoms with van der Waals surface area (Å²) in [5.41, 5.74) is 1.85. The maximum absolute atomic E-state index is 12.9. The molecule has 32 heavy (non-hydrogen) atoms. The second kappa shape index (κ2) is 10.3. The highest BCUT2D eigenvalue weighted by Gasteiger charge is 2.24. The van der Waals surface area contributed by atoms with Gasteiger partial charge in [0, 0.05) is 4.91 Å². The lowest BCUT2D eigenvalue weighted by atomic mass is 9.93. The number of benzene rings is 3. The molecule has 0 fully saturated rings. The number of allylic oxidation sites excluding steroid dienone is 1. The van der Waals surface area contributed by atoms with Crippen molar-refractivity contribution in [3.05, 3.63) is 108 Å². The van der Waals surface area contributed by atoms with Crippen molar-refractivity contribution in [2.75, 3.05) is 6.61 Å². The van der Waals surface area contributed by atoms with Gasteiger partial charge in [0.25, 0.3) is 10.1 Å². The fraction of sp³-hybridized carbons (Fsp3) is 0.200. The van der Waals surface area contributed by atoms with E-state index in [0.717, 1.165) is 11.1 Å². The number of hydrogen-bond donors (Lipinski definition) is 0. The zero-order chi connectivity index (χ0) is 23.2. The molecule has 0 heterocycles. The SMILES string of the molecule is C=C(CC(CCOS(=O)(=O)c1ccc(C)cc1)c1ccccc1)S(=O)(=O)c1ccccc1. The molecular weight excluding hydrogens is 444 g/mol. The van der Waals surface area contributed by atoms with Gasteiger partial charge in [0.05, 0.1) is 16.4 Å². The largest absolute Gasteiger partial charge is 0.296 e. The molecule has 3 aromatic rings. The van der Waals surface area contributed by atoms with Crippen molar-refractivity contribution < 1.29 is 21.0 Å². The van der Waals surface area contributed by atoms with Crippen molar-refractivity contribution in [1.82, 2.24) is 0 Å². The van der Waals surface area contributed by atoms with Gasteiger partial charge in [-0.1, -0.05) is 72.8 Å². The third-order valence-corrected chi connectivity index (χ3v) is 8.34. The Morgan fingerprint density at radius 3 is 1.97 bits per heavy atom. The van der Waals surface area contributed by atoms with Gasteiger partial charge in [0.15, 0.2) is 0 Å². The Hall–Kier alpha value is -2.74. The predicted octanol–water partition coefficient (Wildman–Crippen LogP) is 5.25. The van der Waals surface area contributed by atoms with E-state index in [-0.39, 0.29) is 33.6 Å². The quantitative estimate of drug-likeness (QED) is 0.378. The monoisotopic (exact) mass is 470 g/mol. The Kier molecular flexibility index (Phi) is 7.66. The van der Waals surface area contributed by atoms with Gasteiger partial charge in [0.1, 0.15) is 0 Å². The Morgan fingerprint density at radius 1 is 0.812 bits per heavy atom. The molecule has 3 aromatic carbocycles. The molecule has 0 N–H and O–H groups in total. The third-order valence-electron chi connectivity index (χ3n) is 5.19. The molecule has 168 valence electrons. The number of rotatable bonds is 10. The lowest BCUT2D eigenvalue weighted by Crippen LogP contribution is -2.13. The fourth-order valence-electron chi connectivity index (χ4n) is 3.34. The van der Waals surface area contributed by atoms with E-state index in [1.165, 1.54) is 24.3 Å². The normalized spacial score (nSPS) is 12.9. The van der Waals surface area contributed by atoms with Crippen LogP contribution in [0.3, 0.4) is 0 Å². The van der Waals surface area contributed by atoms with Crippen LogP contribution in [0.5, 0.6) is 0 Å². The zero-order valence-electron chi connectivity index (χ0n) is 17.8. The zero-order valence-corrected chi connectivity index (χ0v) is 19.5. The molecule has 3 rings (SSSR count). The Morgan fingerprint density at radius 2 is 1.38 bits per heavy atom. The van der Waals surface area contributed by atoms with Crippen LogP contribution in [0.2, 0.25) is 0 Å². The first kappa shape index (κ1) is 23.9. The molecular formula is C25H26O5S2. The maximum atomic E-state index is 12.9. The van der Waals surface area contributed by atoms with E-state index < -0.39 is 20.0 Å². The summed E-state index contributed by atoms with van der Waals surface area (Å²) in [5.74, 6) is -0.268. The number of hydrogen-bond acceptors (Lipinski definition) is 5. The molecule has 0 aromatic heterocycles. The van der Waals surface area contributed by atoms with Gasteiger partial charge in [-0.2, -0.15) is 8.42 Å². The topological polar surface area (TPSA) is 77.5 Å². The van der Waals surface area contributed by atoms with Crippen LogP contribution >= 0.6 is 0 Å². The summed E-state index contributed by atoms with van der Waals surface area (Å²) in [7, 11) is -7.59. The summed E-state index contributed by atoms with van der Waals surface area (Å²) in [6.45, 7) is 5.63. The van der Waals surface area contributed by atoms with E-state index in [2.05, 4.69) is 6.58 Å². The molecule has 7 heteroatoms. The first-order chi connectivity index (χ1) is 15.2. The first-order valence-corrected chi connectivity index (χ1v) is 13.1. The van der Waals surface area contributed by atoms with Crippen LogP contribution in [0.4, 0.5) is 0 Å². The van der Waals surface area contributed by atoms with Crippen LogP contribution in [0.1, 0.15) is 29.9 Å². The van der Waals surface area contributed by atoms with Crippen LogP contribution in [-0.4, -0.2) is 23.4 Å². The molecule has 0 spiro atoms. The Balaban J connectivity index is 1.74. The van der Waals surface area contributed by atoms with Gasteiger partial charge in [-0.15, -0.1) is 0 Å². The summed E-state index contributed by atoms with van der Waals surface area (Å²) in [6, 6.07) is 24.0. The molecule has 0 amide bonds. The minimum absolute atomic E-state index is 0.0750. The fourth-order valence-corrected chi connectivity index (χ4v) is 5.53. The van der Waals surface area contributed by atoms with Gasteiger partial charge in [0.2, 0.25) is 9.84 Å². The van der Waals surface area contributed by atoms with Crippen LogP contribution in [0.25, 0.3) is 0 Å². The Labute approximate surface area is 190 Å². The molecule has 0 radical (unpaired) electrons. The molecule has 5 nitrogen and oxygen atoms in total. The lowest BCUT2D eigenvalue weighted by molar-refractivity contribution is 0.299. The molecule has 0 bridgehead atoms. The van der Waals surface area contributed by atoms with Gasteiger partial charge < -0.3 is 0 Å². The van der Waals surface area contributed by atoms with Gasteiger partial charge in [-0.25, -0.2) is 8.42 Å². The minimum Gasteiger partial charge on any atom is -0.266 e. The third kappa shape index (κ3) is 5.94. The highest BCUT2D eigenvalue weighted by atomic mass is 32.2. The van der Waals surface area contributed by atoms with Crippen molar-refractivity contribution in [3.63, 3.8) is 0 Å². The van der Waals surface area contributed by atoms with E-state index in [1.54, 1.807) is 30.3 Å². The van der Waals surface area contributed by atoms with Crippen LogP contribution in [0.15, 0.2) is 106 Å². The second-order valence-electron chi connectivity index (χ2n) is 7.54. The summed E-state index contributed by atoms with van der Waals surface area (Å²) in [6.07, 6.45) is 0.480. The first-order valence-electron chi connectivity index (χ1n) is 10.2. The minimum atomic E-state index is -3.90. The summed E-state index contributed by atoms with van der Waals surface area (Å²) in [4.78, 5) is 0.365. The molecule has 0 aliphatic rings. The molecule has 0 saturated heterocycles. The van der Waals surface area contributed by atoms with Crippen molar-refractivity contribution in [3.8, 4) is 0 Å². The number of aryl methyl sites for hydroxylation is 1. The summed E-state index contributed by atoms with van der Waals surface area (Å²) < 4.78 is 56.1. The maximum Gasteiger partial charge on any atom is 0.296 e. The standard InChI is InChI=1S/C25H26O5S2/c1-20-13-15-25(16-14-20)32(28,29)30-18-17-23(22-9-5-3-6-10-22)19-21(2)31(26,27)24-11-7-4-8-12-24/h3-16,23H,2,17-19H2,1H3. The van der Waals surface area contributed by atoms with E-state index in [1.807, 2.05) is 37.3 Å². The van der Waals surface area contributed by atoms with Gasteiger partial charge >= 0.3 is 0 Å². The lowest BCUT2D eigenvalue weighted by Gasteiger charge is -2.19. The van der Waals surface area contributed by atoms with Crippen molar-refractivity contribution in [1.29, 1.82) is 0 Å². The summed E-state index contributed by atoms with van der Waals surface area (Å²) in [5, 5.41) is 0. The highest BCUT2D eigenvalue weighted by Crippen LogP contribution is 2.31. The second-order valence-corrected chi connectivity index (χ2v) is 11.2. The molecule has 0 aliphatic carbocycles.